The molecule has 0 radical (unpaired) electrons. The summed E-state index contributed by atoms with van der Waals surface area (Å²) in [7, 11) is -3.56. The van der Waals surface area contributed by atoms with Gasteiger partial charge in [-0.3, -0.25) is 0 Å². The Labute approximate surface area is 157 Å². The predicted molar refractivity (Wildman–Crippen MR) is 99.9 cm³/mol. The van der Waals surface area contributed by atoms with Gasteiger partial charge in [-0.1, -0.05) is 12.1 Å². The second kappa shape index (κ2) is 8.05. The summed E-state index contributed by atoms with van der Waals surface area (Å²) in [5, 5.41) is 2.85. The Morgan fingerprint density at radius 2 is 1.68 bits per heavy atom. The van der Waals surface area contributed by atoms with E-state index in [4.69, 9.17) is 4.74 Å². The number of amides is 1. The van der Waals surface area contributed by atoms with Crippen LogP contribution in [0.4, 0.5) is 4.79 Å². The van der Waals surface area contributed by atoms with Gasteiger partial charge in [0.2, 0.25) is 10.0 Å². The molecule has 1 saturated carbocycles. The highest BCUT2D eigenvalue weighted by molar-refractivity contribution is 9.10. The third kappa shape index (κ3) is 6.27. The van der Waals surface area contributed by atoms with Crippen molar-refractivity contribution >= 4 is 32.0 Å². The number of nitrogens with one attached hydrogen (secondary N) is 2. The van der Waals surface area contributed by atoms with Gasteiger partial charge in [0, 0.05) is 16.6 Å². The molecule has 0 aliphatic heterocycles. The summed E-state index contributed by atoms with van der Waals surface area (Å²) in [4.78, 5) is 12.0. The zero-order valence-corrected chi connectivity index (χ0v) is 17.1. The fourth-order valence-electron chi connectivity index (χ4n) is 2.78. The van der Waals surface area contributed by atoms with Crippen LogP contribution in [0.15, 0.2) is 33.6 Å². The number of carbonyl (C=O) groups is 1. The van der Waals surface area contributed by atoms with Crippen molar-refractivity contribution in [3.8, 4) is 0 Å². The fourth-order valence-corrected chi connectivity index (χ4v) is 5.08. The molecule has 25 heavy (non-hydrogen) atoms. The van der Waals surface area contributed by atoms with Gasteiger partial charge in [-0.05, 0) is 74.5 Å². The van der Waals surface area contributed by atoms with E-state index in [0.29, 0.717) is 30.2 Å². The van der Waals surface area contributed by atoms with E-state index in [0.717, 1.165) is 0 Å². The molecular weight excluding hydrogens is 408 g/mol. The number of benzene rings is 1. The first kappa shape index (κ1) is 20.2. The maximum atomic E-state index is 12.5. The van der Waals surface area contributed by atoms with E-state index in [-0.39, 0.29) is 17.0 Å². The summed E-state index contributed by atoms with van der Waals surface area (Å²) in [5.74, 6) is 0. The molecule has 1 aromatic rings. The summed E-state index contributed by atoms with van der Waals surface area (Å²) in [6, 6.07) is 6.63. The van der Waals surface area contributed by atoms with Gasteiger partial charge < -0.3 is 10.1 Å². The molecule has 140 valence electrons. The highest BCUT2D eigenvalue weighted by atomic mass is 79.9. The largest absolute Gasteiger partial charge is 0.444 e. The van der Waals surface area contributed by atoms with E-state index in [1.165, 1.54) is 0 Å². The van der Waals surface area contributed by atoms with Crippen LogP contribution in [0.2, 0.25) is 0 Å². The van der Waals surface area contributed by atoms with Crippen LogP contribution in [-0.2, 0) is 14.8 Å². The molecule has 6 nitrogen and oxygen atoms in total. The molecular formula is C17H25BrN2O4S. The maximum Gasteiger partial charge on any atom is 0.407 e. The zero-order valence-electron chi connectivity index (χ0n) is 14.7. The van der Waals surface area contributed by atoms with E-state index in [1.54, 1.807) is 24.3 Å². The Kier molecular flexibility index (Phi) is 6.51. The Morgan fingerprint density at radius 3 is 2.24 bits per heavy atom. The molecule has 2 N–H and O–H groups in total. The van der Waals surface area contributed by atoms with E-state index >= 15 is 0 Å². The predicted octanol–water partition coefficient (Wildman–Crippen LogP) is 3.56. The highest BCUT2D eigenvalue weighted by Crippen LogP contribution is 2.24. The summed E-state index contributed by atoms with van der Waals surface area (Å²) in [6.07, 6.45) is 2.34. The molecule has 1 aromatic carbocycles. The minimum absolute atomic E-state index is 0.0130. The first-order chi connectivity index (χ1) is 11.6. The van der Waals surface area contributed by atoms with Crippen LogP contribution in [0.3, 0.4) is 0 Å². The summed E-state index contributed by atoms with van der Waals surface area (Å²) >= 11 is 3.28. The number of hydrogen-bond acceptors (Lipinski definition) is 4. The zero-order chi connectivity index (χ0) is 18.7. The quantitative estimate of drug-likeness (QED) is 0.761. The molecule has 1 amide bonds. The molecule has 2 rings (SSSR count). The van der Waals surface area contributed by atoms with Gasteiger partial charge in [0.05, 0.1) is 4.90 Å². The monoisotopic (exact) mass is 432 g/mol. The smallest absolute Gasteiger partial charge is 0.407 e. The lowest BCUT2D eigenvalue weighted by atomic mass is 9.92. The molecule has 0 spiro atoms. The lowest BCUT2D eigenvalue weighted by Gasteiger charge is -2.30. The molecule has 0 bridgehead atoms. The third-order valence-electron chi connectivity index (χ3n) is 3.90. The van der Waals surface area contributed by atoms with Crippen molar-refractivity contribution in [2.75, 3.05) is 0 Å². The molecule has 1 aliphatic rings. The Hall–Kier alpha value is -1.12. The van der Waals surface area contributed by atoms with Crippen molar-refractivity contribution in [3.63, 3.8) is 0 Å². The lowest BCUT2D eigenvalue weighted by Crippen LogP contribution is -2.45. The molecule has 8 heteroatoms. The number of ether oxygens (including phenoxy) is 1. The number of hydrogen-bond donors (Lipinski definition) is 2. The van der Waals surface area contributed by atoms with Crippen LogP contribution >= 0.6 is 15.9 Å². The van der Waals surface area contributed by atoms with Gasteiger partial charge in [-0.15, -0.1) is 0 Å². The van der Waals surface area contributed by atoms with Crippen LogP contribution in [0, 0.1) is 0 Å². The molecule has 0 unspecified atom stereocenters. The van der Waals surface area contributed by atoms with Crippen molar-refractivity contribution in [1.82, 2.24) is 10.0 Å². The number of sulfonamides is 1. The molecule has 1 fully saturated rings. The summed E-state index contributed by atoms with van der Waals surface area (Å²) < 4.78 is 33.6. The SMILES string of the molecule is CC(C)(C)OC(=O)NC1CCC(NS(=O)(=O)c2ccccc2Br)CC1. The second-order valence-electron chi connectivity index (χ2n) is 7.25. The van der Waals surface area contributed by atoms with Crippen molar-refractivity contribution < 1.29 is 17.9 Å². The highest BCUT2D eigenvalue weighted by Gasteiger charge is 2.28. The van der Waals surface area contributed by atoms with Crippen molar-refractivity contribution in [1.29, 1.82) is 0 Å². The van der Waals surface area contributed by atoms with Gasteiger partial charge >= 0.3 is 6.09 Å². The summed E-state index contributed by atoms with van der Waals surface area (Å²) in [6.45, 7) is 5.46. The molecule has 0 aromatic heterocycles. The minimum atomic E-state index is -3.56. The average Bonchev–Trinajstić information content (AvgIpc) is 2.47. The van der Waals surface area contributed by atoms with E-state index in [1.807, 2.05) is 20.8 Å². The van der Waals surface area contributed by atoms with E-state index in [9.17, 15) is 13.2 Å². The van der Waals surface area contributed by atoms with Crippen LogP contribution in [-0.4, -0.2) is 32.2 Å². The van der Waals surface area contributed by atoms with Gasteiger partial charge in [-0.2, -0.15) is 0 Å². The van der Waals surface area contributed by atoms with Crippen molar-refractivity contribution in [2.45, 2.75) is 69.0 Å². The van der Waals surface area contributed by atoms with Gasteiger partial charge in [0.15, 0.2) is 0 Å². The standard InChI is InChI=1S/C17H25BrN2O4S/c1-17(2,3)24-16(21)19-12-8-10-13(11-9-12)20-25(22,23)15-7-5-4-6-14(15)18/h4-7,12-13,20H,8-11H2,1-3H3,(H,19,21). The first-order valence-corrected chi connectivity index (χ1v) is 10.6. The van der Waals surface area contributed by atoms with Crippen molar-refractivity contribution in [3.05, 3.63) is 28.7 Å². The number of halogens is 1. The lowest BCUT2D eigenvalue weighted by molar-refractivity contribution is 0.0490. The number of carbonyl (C=O) groups excluding carboxylic acids is 1. The fraction of sp³-hybridized carbons (Fsp3) is 0.588. The Morgan fingerprint density at radius 1 is 1.12 bits per heavy atom. The van der Waals surface area contributed by atoms with E-state index < -0.39 is 21.7 Å². The van der Waals surface area contributed by atoms with Crippen LogP contribution < -0.4 is 10.0 Å². The first-order valence-electron chi connectivity index (χ1n) is 8.33. The minimum Gasteiger partial charge on any atom is -0.444 e. The molecule has 1 aliphatic carbocycles. The van der Waals surface area contributed by atoms with Crippen molar-refractivity contribution in [2.24, 2.45) is 0 Å². The molecule has 0 heterocycles. The van der Waals surface area contributed by atoms with Gasteiger partial charge in [-0.25, -0.2) is 17.9 Å². The number of alkyl carbamates (subject to hydrolysis) is 1. The topological polar surface area (TPSA) is 84.5 Å². The number of rotatable bonds is 4. The van der Waals surface area contributed by atoms with E-state index in [2.05, 4.69) is 26.0 Å². The Balaban J connectivity index is 1.86. The van der Waals surface area contributed by atoms with Crippen LogP contribution in [0.25, 0.3) is 0 Å². The van der Waals surface area contributed by atoms with Crippen LogP contribution in [0.1, 0.15) is 46.5 Å². The normalized spacial score (nSPS) is 21.6. The van der Waals surface area contributed by atoms with Gasteiger partial charge in [0.1, 0.15) is 5.60 Å². The van der Waals surface area contributed by atoms with Crippen LogP contribution in [0.5, 0.6) is 0 Å². The molecule has 0 atom stereocenters. The molecule has 0 saturated heterocycles. The van der Waals surface area contributed by atoms with Gasteiger partial charge in [0.25, 0.3) is 0 Å². The average molecular weight is 433 g/mol. The maximum absolute atomic E-state index is 12.5. The second-order valence-corrected chi connectivity index (χ2v) is 9.78. The summed E-state index contributed by atoms with van der Waals surface area (Å²) in [5.41, 5.74) is -0.528. The third-order valence-corrected chi connectivity index (χ3v) is 6.43. The Bertz CT molecular complexity index is 708.